The van der Waals surface area contributed by atoms with Crippen molar-refractivity contribution >= 4 is 5.69 Å². The second-order valence-electron chi connectivity index (χ2n) is 10.7. The summed E-state index contributed by atoms with van der Waals surface area (Å²) >= 11 is 0. The second-order valence-corrected chi connectivity index (χ2v) is 10.7. The van der Waals surface area contributed by atoms with Crippen molar-refractivity contribution in [3.05, 3.63) is 41.9 Å². The number of hydrogen-bond donors (Lipinski definition) is 1. The standard InChI is InChI=1S/C25H29N5O2/c1-2-18(21-27-20(30-32-21)16-4-5-16)14-19(3-1)26-15-24-8-11-25(12-9-24,13-10-24)23-29-28-22(31-23)17-6-7-17/h1-3,14,16-17,26H,4-13,15H2. The summed E-state index contributed by atoms with van der Waals surface area (Å²) in [4.78, 5) is 4.60. The number of fused-ring (bicyclic) bond motifs is 3. The summed E-state index contributed by atoms with van der Waals surface area (Å²) < 4.78 is 11.7. The largest absolute Gasteiger partial charge is 0.424 e. The van der Waals surface area contributed by atoms with Gasteiger partial charge in [0.1, 0.15) is 0 Å². The first-order valence-electron chi connectivity index (χ1n) is 12.2. The average Bonchev–Trinajstić information content (AvgIpc) is 3.78. The Bertz CT molecular complexity index is 1120. The third-order valence-corrected chi connectivity index (χ3v) is 8.38. The minimum atomic E-state index is 0.124. The molecule has 32 heavy (non-hydrogen) atoms. The summed E-state index contributed by atoms with van der Waals surface area (Å²) in [6, 6.07) is 8.38. The predicted molar refractivity (Wildman–Crippen MR) is 118 cm³/mol. The molecule has 2 heterocycles. The van der Waals surface area contributed by atoms with Gasteiger partial charge in [-0.1, -0.05) is 11.2 Å². The number of nitrogens with zero attached hydrogens (tertiary/aromatic N) is 4. The molecule has 166 valence electrons. The topological polar surface area (TPSA) is 89.9 Å². The van der Waals surface area contributed by atoms with Crippen LogP contribution in [0.25, 0.3) is 11.5 Å². The maximum absolute atomic E-state index is 6.15. The van der Waals surface area contributed by atoms with Crippen LogP contribution in [0.4, 0.5) is 5.69 Å². The lowest BCUT2D eigenvalue weighted by atomic mass is 9.53. The second kappa shape index (κ2) is 6.90. The third kappa shape index (κ3) is 3.24. The zero-order valence-electron chi connectivity index (χ0n) is 18.3. The van der Waals surface area contributed by atoms with Gasteiger partial charge in [0, 0.05) is 35.0 Å². The minimum Gasteiger partial charge on any atom is -0.424 e. The molecule has 7 nitrogen and oxygen atoms in total. The van der Waals surface area contributed by atoms with Crippen LogP contribution < -0.4 is 5.32 Å². The highest BCUT2D eigenvalue weighted by Crippen LogP contribution is 2.57. The fraction of sp³-hybridized carbons (Fsp3) is 0.600. The van der Waals surface area contributed by atoms with E-state index in [1.165, 1.54) is 44.9 Å². The molecule has 5 fully saturated rings. The number of anilines is 1. The molecule has 2 bridgehead atoms. The summed E-state index contributed by atoms with van der Waals surface area (Å²) in [7, 11) is 0. The van der Waals surface area contributed by atoms with E-state index in [9.17, 15) is 0 Å². The molecule has 1 aromatic carbocycles. The molecule has 0 atom stereocenters. The Hall–Kier alpha value is -2.70. The van der Waals surface area contributed by atoms with Gasteiger partial charge in [-0.2, -0.15) is 4.98 Å². The molecule has 3 aromatic rings. The first-order chi connectivity index (χ1) is 15.7. The lowest BCUT2D eigenvalue weighted by molar-refractivity contribution is 0.0349. The Morgan fingerprint density at radius 3 is 2.47 bits per heavy atom. The van der Waals surface area contributed by atoms with Gasteiger partial charge in [-0.3, -0.25) is 0 Å². The van der Waals surface area contributed by atoms with E-state index >= 15 is 0 Å². The Labute approximate surface area is 187 Å². The summed E-state index contributed by atoms with van der Waals surface area (Å²) in [5.41, 5.74) is 2.59. The fourth-order valence-corrected chi connectivity index (χ4v) is 5.70. The average molecular weight is 432 g/mol. The Morgan fingerprint density at radius 1 is 0.938 bits per heavy atom. The van der Waals surface area contributed by atoms with Crippen LogP contribution in [0.15, 0.2) is 33.2 Å². The highest BCUT2D eigenvalue weighted by atomic mass is 16.5. The van der Waals surface area contributed by atoms with Gasteiger partial charge in [0.25, 0.3) is 5.89 Å². The summed E-state index contributed by atoms with van der Waals surface area (Å²) in [6.07, 6.45) is 11.9. The fourth-order valence-electron chi connectivity index (χ4n) is 5.70. The predicted octanol–water partition coefficient (Wildman–Crippen LogP) is 5.58. The van der Waals surface area contributed by atoms with Crippen LogP contribution in [0.5, 0.6) is 0 Å². The first-order valence-corrected chi connectivity index (χ1v) is 12.2. The normalized spacial score (nSPS) is 29.4. The van der Waals surface area contributed by atoms with Crippen molar-refractivity contribution in [2.45, 2.75) is 81.5 Å². The Kier molecular flexibility index (Phi) is 4.06. The molecule has 5 aliphatic rings. The van der Waals surface area contributed by atoms with Crippen LogP contribution in [0.3, 0.4) is 0 Å². The number of nitrogens with one attached hydrogen (secondary N) is 1. The monoisotopic (exact) mass is 431 g/mol. The molecule has 1 N–H and O–H groups in total. The van der Waals surface area contributed by atoms with E-state index in [-0.39, 0.29) is 5.41 Å². The van der Waals surface area contributed by atoms with Crippen LogP contribution in [0, 0.1) is 5.41 Å². The number of rotatable bonds is 7. The molecule has 8 rings (SSSR count). The van der Waals surface area contributed by atoms with Crippen LogP contribution in [-0.4, -0.2) is 26.9 Å². The highest BCUT2D eigenvalue weighted by molar-refractivity contribution is 5.61. The van der Waals surface area contributed by atoms with Gasteiger partial charge < -0.3 is 14.3 Å². The molecular formula is C25H29N5O2. The molecule has 5 aliphatic carbocycles. The first kappa shape index (κ1) is 18.8. The maximum atomic E-state index is 6.15. The van der Waals surface area contributed by atoms with Gasteiger partial charge in [0.05, 0.1) is 0 Å². The molecule has 0 unspecified atom stereocenters. The Morgan fingerprint density at radius 2 is 1.72 bits per heavy atom. The number of hydrogen-bond acceptors (Lipinski definition) is 7. The summed E-state index contributed by atoms with van der Waals surface area (Å²) in [5, 5.41) is 16.7. The molecule has 2 aromatic heterocycles. The van der Waals surface area contributed by atoms with Gasteiger partial charge in [-0.05, 0) is 87.8 Å². The van der Waals surface area contributed by atoms with E-state index < -0.39 is 0 Å². The quantitative estimate of drug-likeness (QED) is 0.522. The van der Waals surface area contributed by atoms with Gasteiger partial charge in [-0.15, -0.1) is 10.2 Å². The van der Waals surface area contributed by atoms with E-state index in [0.29, 0.717) is 23.1 Å². The van der Waals surface area contributed by atoms with Gasteiger partial charge in [0.2, 0.25) is 11.8 Å². The molecule has 0 spiro atoms. The molecular weight excluding hydrogens is 402 g/mol. The third-order valence-electron chi connectivity index (χ3n) is 8.38. The molecule has 0 aliphatic heterocycles. The maximum Gasteiger partial charge on any atom is 0.258 e. The van der Waals surface area contributed by atoms with Gasteiger partial charge in [-0.25, -0.2) is 0 Å². The molecule has 0 saturated heterocycles. The number of aromatic nitrogens is 4. The van der Waals surface area contributed by atoms with E-state index in [1.54, 1.807) is 0 Å². The van der Waals surface area contributed by atoms with Crippen molar-refractivity contribution in [3.63, 3.8) is 0 Å². The molecule has 0 radical (unpaired) electrons. The molecule has 5 saturated carbocycles. The Balaban J connectivity index is 1.02. The van der Waals surface area contributed by atoms with E-state index in [0.717, 1.165) is 54.7 Å². The van der Waals surface area contributed by atoms with Crippen molar-refractivity contribution in [3.8, 4) is 11.5 Å². The van der Waals surface area contributed by atoms with Crippen molar-refractivity contribution in [2.75, 3.05) is 11.9 Å². The van der Waals surface area contributed by atoms with Crippen molar-refractivity contribution in [1.29, 1.82) is 0 Å². The van der Waals surface area contributed by atoms with Crippen molar-refractivity contribution < 1.29 is 8.94 Å². The summed E-state index contributed by atoms with van der Waals surface area (Å²) in [5.74, 6) is 4.31. The van der Waals surface area contributed by atoms with E-state index in [1.807, 2.05) is 6.07 Å². The van der Waals surface area contributed by atoms with E-state index in [4.69, 9.17) is 8.94 Å². The van der Waals surface area contributed by atoms with E-state index in [2.05, 4.69) is 43.9 Å². The zero-order valence-corrected chi connectivity index (χ0v) is 18.3. The lowest BCUT2D eigenvalue weighted by Gasteiger charge is -2.52. The van der Waals surface area contributed by atoms with Crippen molar-refractivity contribution in [1.82, 2.24) is 20.3 Å². The lowest BCUT2D eigenvalue weighted by Crippen LogP contribution is -2.47. The number of benzene rings is 1. The SMILES string of the molecule is c1cc(NCC23CCC(c4nnc(C5CC5)o4)(CC2)CC3)cc(-c2nc(C3CC3)no2)c1. The minimum absolute atomic E-state index is 0.124. The highest BCUT2D eigenvalue weighted by Gasteiger charge is 2.52. The van der Waals surface area contributed by atoms with Crippen LogP contribution in [0.2, 0.25) is 0 Å². The van der Waals surface area contributed by atoms with Crippen LogP contribution in [0.1, 0.15) is 93.6 Å². The van der Waals surface area contributed by atoms with Crippen molar-refractivity contribution in [2.24, 2.45) is 5.41 Å². The molecule has 7 heteroatoms. The smallest absolute Gasteiger partial charge is 0.258 e. The van der Waals surface area contributed by atoms with Gasteiger partial charge >= 0.3 is 0 Å². The molecule has 0 amide bonds. The summed E-state index contributed by atoms with van der Waals surface area (Å²) in [6.45, 7) is 1.00. The van der Waals surface area contributed by atoms with Crippen LogP contribution >= 0.6 is 0 Å². The van der Waals surface area contributed by atoms with Gasteiger partial charge in [0.15, 0.2) is 5.82 Å². The van der Waals surface area contributed by atoms with Crippen LogP contribution in [-0.2, 0) is 5.41 Å². The zero-order chi connectivity index (χ0) is 21.2.